The number of carboxylic acid groups (broad SMARTS) is 1. The lowest BCUT2D eigenvalue weighted by Gasteiger charge is -2.13. The Bertz CT molecular complexity index is 1320. The lowest BCUT2D eigenvalue weighted by molar-refractivity contribution is 0.0696. The zero-order valence-electron chi connectivity index (χ0n) is 20.3. The predicted octanol–water partition coefficient (Wildman–Crippen LogP) is 5.66. The largest absolute Gasteiger partial charge is 0.497 e. The van der Waals surface area contributed by atoms with Gasteiger partial charge in [-0.3, -0.25) is 4.98 Å². The van der Waals surface area contributed by atoms with Crippen molar-refractivity contribution >= 4 is 16.9 Å². The summed E-state index contributed by atoms with van der Waals surface area (Å²) in [6.07, 6.45) is 2.37. The van der Waals surface area contributed by atoms with Crippen LogP contribution in [0.3, 0.4) is 0 Å². The van der Waals surface area contributed by atoms with Gasteiger partial charge in [-0.25, -0.2) is 4.79 Å². The number of aromatic carboxylic acids is 1. The summed E-state index contributed by atoms with van der Waals surface area (Å²) in [6, 6.07) is 24.1. The van der Waals surface area contributed by atoms with Gasteiger partial charge in [-0.1, -0.05) is 48.9 Å². The number of benzene rings is 3. The van der Waals surface area contributed by atoms with Crippen molar-refractivity contribution in [1.82, 2.24) is 4.98 Å². The summed E-state index contributed by atoms with van der Waals surface area (Å²) in [6.45, 7) is 0. The van der Waals surface area contributed by atoms with Crippen LogP contribution in [0.15, 0.2) is 78.9 Å². The van der Waals surface area contributed by atoms with E-state index in [1.54, 1.807) is 25.3 Å². The van der Waals surface area contributed by atoms with Gasteiger partial charge in [0.2, 0.25) is 0 Å². The van der Waals surface area contributed by atoms with Crippen LogP contribution in [0.1, 0.15) is 64.2 Å². The van der Waals surface area contributed by atoms with Crippen LogP contribution in [0.5, 0.6) is 5.75 Å². The number of methoxy groups -OCH3 is 1. The Balaban J connectivity index is 1.35. The number of pyridine rings is 1. The predicted molar refractivity (Wildman–Crippen MR) is 139 cm³/mol. The number of aliphatic hydroxyl groups excluding tert-OH is 2. The second-order valence-corrected chi connectivity index (χ2v) is 9.02. The van der Waals surface area contributed by atoms with E-state index in [1.165, 1.54) is 6.07 Å². The number of rotatable bonds is 11. The van der Waals surface area contributed by atoms with E-state index in [1.807, 2.05) is 42.5 Å². The SMILES string of the molecule is COc1ccc(C(O)CCCCc2ccc3ccc(C(O)Cc4cccc(C(=O)O)c4)nc3c2)cc1. The maximum absolute atomic E-state index is 11.2. The fourth-order valence-electron chi connectivity index (χ4n) is 4.34. The topological polar surface area (TPSA) is 99.9 Å². The molecule has 3 N–H and O–H groups in total. The molecular weight excluding hydrogens is 454 g/mol. The fraction of sp³-hybridized carbons (Fsp3) is 0.267. The fourth-order valence-corrected chi connectivity index (χ4v) is 4.34. The third-order valence-electron chi connectivity index (χ3n) is 6.42. The summed E-state index contributed by atoms with van der Waals surface area (Å²) in [5, 5.41) is 31.4. The molecule has 0 amide bonds. The smallest absolute Gasteiger partial charge is 0.335 e. The highest BCUT2D eigenvalue weighted by atomic mass is 16.5. The average molecular weight is 486 g/mol. The first-order chi connectivity index (χ1) is 17.4. The van der Waals surface area contributed by atoms with Gasteiger partial charge in [-0.05, 0) is 72.4 Å². The molecule has 0 aliphatic heterocycles. The molecule has 186 valence electrons. The van der Waals surface area contributed by atoms with Gasteiger partial charge < -0.3 is 20.1 Å². The number of fused-ring (bicyclic) bond motifs is 1. The molecule has 6 nitrogen and oxygen atoms in total. The second kappa shape index (κ2) is 11.8. The molecule has 0 bridgehead atoms. The van der Waals surface area contributed by atoms with E-state index in [2.05, 4.69) is 17.1 Å². The van der Waals surface area contributed by atoms with Gasteiger partial charge in [0.05, 0.1) is 36.1 Å². The first-order valence-corrected chi connectivity index (χ1v) is 12.1. The zero-order chi connectivity index (χ0) is 25.5. The van der Waals surface area contributed by atoms with E-state index in [0.717, 1.165) is 52.6 Å². The molecule has 3 aromatic carbocycles. The third kappa shape index (κ3) is 6.47. The number of hydrogen-bond donors (Lipinski definition) is 3. The van der Waals surface area contributed by atoms with E-state index in [-0.39, 0.29) is 12.0 Å². The molecule has 2 unspecified atom stereocenters. The van der Waals surface area contributed by atoms with E-state index in [4.69, 9.17) is 4.74 Å². The van der Waals surface area contributed by atoms with Crippen LogP contribution in [0, 0.1) is 0 Å². The Hall–Kier alpha value is -3.74. The van der Waals surface area contributed by atoms with Crippen LogP contribution in [0.4, 0.5) is 0 Å². The van der Waals surface area contributed by atoms with Crippen LogP contribution in [-0.4, -0.2) is 33.4 Å². The molecule has 0 saturated carbocycles. The quantitative estimate of drug-likeness (QED) is 0.237. The van der Waals surface area contributed by atoms with Gasteiger partial charge in [0.1, 0.15) is 5.75 Å². The number of unbranched alkanes of at least 4 members (excludes halogenated alkanes) is 1. The van der Waals surface area contributed by atoms with Crippen LogP contribution in [-0.2, 0) is 12.8 Å². The number of aryl methyl sites for hydroxylation is 1. The van der Waals surface area contributed by atoms with Crippen LogP contribution < -0.4 is 4.74 Å². The molecule has 0 aliphatic carbocycles. The van der Waals surface area contributed by atoms with Crippen molar-refractivity contribution in [2.75, 3.05) is 7.11 Å². The van der Waals surface area contributed by atoms with Crippen molar-refractivity contribution in [1.29, 1.82) is 0 Å². The van der Waals surface area contributed by atoms with Gasteiger partial charge in [-0.15, -0.1) is 0 Å². The number of carboxylic acids is 1. The first-order valence-electron chi connectivity index (χ1n) is 12.1. The van der Waals surface area contributed by atoms with Gasteiger partial charge in [0, 0.05) is 11.8 Å². The van der Waals surface area contributed by atoms with Crippen molar-refractivity contribution in [3.8, 4) is 5.75 Å². The zero-order valence-corrected chi connectivity index (χ0v) is 20.3. The Kier molecular flexibility index (Phi) is 8.31. The molecule has 1 heterocycles. The third-order valence-corrected chi connectivity index (χ3v) is 6.42. The molecule has 4 rings (SSSR count). The van der Waals surface area contributed by atoms with Crippen molar-refractivity contribution in [2.24, 2.45) is 0 Å². The number of ether oxygens (including phenoxy) is 1. The normalized spacial score (nSPS) is 12.9. The van der Waals surface area contributed by atoms with Crippen molar-refractivity contribution < 1.29 is 24.9 Å². The Labute approximate surface area is 210 Å². The Morgan fingerprint density at radius 3 is 2.42 bits per heavy atom. The molecule has 6 heteroatoms. The molecular formula is C30H31NO5. The lowest BCUT2D eigenvalue weighted by Crippen LogP contribution is -2.05. The number of aromatic nitrogens is 1. The number of carbonyl (C=O) groups is 1. The summed E-state index contributed by atoms with van der Waals surface area (Å²) in [4.78, 5) is 15.9. The van der Waals surface area contributed by atoms with Gasteiger partial charge in [0.25, 0.3) is 0 Å². The molecule has 0 aliphatic rings. The van der Waals surface area contributed by atoms with E-state index in [9.17, 15) is 20.1 Å². The highest BCUT2D eigenvalue weighted by Crippen LogP contribution is 2.24. The molecule has 0 radical (unpaired) electrons. The Morgan fingerprint density at radius 1 is 0.889 bits per heavy atom. The molecule has 0 fully saturated rings. The minimum atomic E-state index is -0.988. The minimum absolute atomic E-state index is 0.201. The monoisotopic (exact) mass is 485 g/mol. The van der Waals surface area contributed by atoms with Crippen molar-refractivity contribution in [3.63, 3.8) is 0 Å². The minimum Gasteiger partial charge on any atom is -0.497 e. The van der Waals surface area contributed by atoms with Crippen LogP contribution in [0.25, 0.3) is 10.9 Å². The first kappa shape index (κ1) is 25.4. The van der Waals surface area contributed by atoms with Gasteiger partial charge in [-0.2, -0.15) is 0 Å². The van der Waals surface area contributed by atoms with Gasteiger partial charge in [0.15, 0.2) is 0 Å². The summed E-state index contributed by atoms with van der Waals surface area (Å²) >= 11 is 0. The lowest BCUT2D eigenvalue weighted by atomic mass is 10.00. The number of aliphatic hydroxyl groups is 2. The number of nitrogens with zero attached hydrogens (tertiary/aromatic N) is 1. The van der Waals surface area contributed by atoms with Crippen LogP contribution in [0.2, 0.25) is 0 Å². The maximum atomic E-state index is 11.2. The summed E-state index contributed by atoms with van der Waals surface area (Å²) < 4.78 is 5.17. The van der Waals surface area contributed by atoms with E-state index < -0.39 is 18.2 Å². The summed E-state index contributed by atoms with van der Waals surface area (Å²) in [5.74, 6) is -0.211. The van der Waals surface area contributed by atoms with E-state index in [0.29, 0.717) is 12.1 Å². The highest BCUT2D eigenvalue weighted by molar-refractivity contribution is 5.87. The maximum Gasteiger partial charge on any atom is 0.335 e. The van der Waals surface area contributed by atoms with Gasteiger partial charge >= 0.3 is 5.97 Å². The number of hydrogen-bond acceptors (Lipinski definition) is 5. The highest BCUT2D eigenvalue weighted by Gasteiger charge is 2.13. The van der Waals surface area contributed by atoms with Crippen LogP contribution >= 0.6 is 0 Å². The second-order valence-electron chi connectivity index (χ2n) is 9.02. The molecule has 36 heavy (non-hydrogen) atoms. The molecule has 0 saturated heterocycles. The van der Waals surface area contributed by atoms with Crippen molar-refractivity contribution in [2.45, 2.75) is 44.3 Å². The Morgan fingerprint density at radius 2 is 1.67 bits per heavy atom. The average Bonchev–Trinajstić information content (AvgIpc) is 2.90. The van der Waals surface area contributed by atoms with Crippen molar-refractivity contribution in [3.05, 3.63) is 107 Å². The standard InChI is InChI=1S/C30H31NO5/c1-36-25-14-11-23(12-15-25)28(32)8-3-2-5-20-9-10-22-13-16-26(31-27(22)18-20)29(33)19-21-6-4-7-24(17-21)30(34)35/h4,6-7,9-18,28-29,32-33H,2-3,5,8,19H2,1H3,(H,34,35). The molecule has 4 aromatic rings. The molecule has 0 spiro atoms. The molecule has 1 aromatic heterocycles. The molecule has 2 atom stereocenters. The summed E-state index contributed by atoms with van der Waals surface area (Å²) in [7, 11) is 1.62. The van der Waals surface area contributed by atoms with E-state index >= 15 is 0 Å². The summed E-state index contributed by atoms with van der Waals surface area (Å²) in [5.41, 5.74) is 4.38.